The first kappa shape index (κ1) is 59.1. The molecule has 0 aliphatic heterocycles. The third-order valence-electron chi connectivity index (χ3n) is 21.7. The highest BCUT2D eigenvalue weighted by Crippen LogP contribution is 2.51. The van der Waals surface area contributed by atoms with Gasteiger partial charge in [-0.15, -0.1) is 0 Å². The smallest absolute Gasteiger partial charge is 0.0553 e. The molecule has 0 aliphatic rings. The summed E-state index contributed by atoms with van der Waals surface area (Å²) in [5.74, 6) is 0. The van der Waals surface area contributed by atoms with Crippen molar-refractivity contribution in [3.05, 3.63) is 388 Å². The van der Waals surface area contributed by atoms with Crippen LogP contribution in [0.25, 0.3) is 164 Å². The zero-order chi connectivity index (χ0) is 68.3. The van der Waals surface area contributed by atoms with E-state index in [1.165, 1.54) is 103 Å². The zero-order valence-corrected chi connectivity index (χ0v) is 56.7. The van der Waals surface area contributed by atoms with Gasteiger partial charge in [-0.1, -0.05) is 279 Å². The van der Waals surface area contributed by atoms with Crippen molar-refractivity contribution < 1.29 is 0 Å². The Kier molecular flexibility index (Phi) is 13.6. The summed E-state index contributed by atoms with van der Waals surface area (Å²) in [6, 6.07) is 144. The van der Waals surface area contributed by atoms with Crippen molar-refractivity contribution in [1.29, 1.82) is 0 Å². The van der Waals surface area contributed by atoms with Gasteiger partial charge in [-0.3, -0.25) is 0 Å². The summed E-state index contributed by atoms with van der Waals surface area (Å²) in [6.07, 6.45) is 0. The normalized spacial score (nSPS) is 11.8. The predicted molar refractivity (Wildman–Crippen MR) is 443 cm³/mol. The molecule has 0 saturated heterocycles. The first-order chi connectivity index (χ1) is 51.6. The van der Waals surface area contributed by atoms with Crippen molar-refractivity contribution in [1.82, 2.24) is 9.13 Å². The minimum Gasteiger partial charge on any atom is -0.310 e. The number of rotatable bonds is 11. The molecule has 0 amide bonds. The molecule has 19 aromatic carbocycles. The van der Waals surface area contributed by atoms with Crippen molar-refractivity contribution in [2.45, 2.75) is 0 Å². The molecule has 21 rings (SSSR count). The second kappa shape index (κ2) is 24.0. The summed E-state index contributed by atoms with van der Waals surface area (Å²) < 4.78 is 4.91. The molecule has 0 radical (unpaired) electrons. The van der Waals surface area contributed by atoms with Crippen LogP contribution in [0, 0.1) is 0 Å². The number of hydrogen-bond acceptors (Lipinski definition) is 2. The van der Waals surface area contributed by atoms with E-state index in [0.717, 1.165) is 94.9 Å². The fourth-order valence-corrected chi connectivity index (χ4v) is 17.2. The monoisotopic (exact) mass is 1320 g/mol. The first-order valence-corrected chi connectivity index (χ1v) is 35.9. The molecule has 0 atom stereocenters. The summed E-state index contributed by atoms with van der Waals surface area (Å²) in [5.41, 5.74) is 20.4. The molecule has 0 unspecified atom stereocenters. The molecular weight excluding hydrogens is 1260 g/mol. The Hall–Kier alpha value is -13.8. The van der Waals surface area contributed by atoms with Crippen LogP contribution >= 0.6 is 0 Å². The molecule has 484 valence electrons. The minimum absolute atomic E-state index is 1.06. The number of fused-ring (bicyclic) bond motifs is 14. The van der Waals surface area contributed by atoms with Gasteiger partial charge in [0.25, 0.3) is 0 Å². The molecule has 0 spiro atoms. The summed E-state index contributed by atoms with van der Waals surface area (Å²) >= 11 is 0. The van der Waals surface area contributed by atoms with Crippen LogP contribution in [-0.4, -0.2) is 9.13 Å². The lowest BCUT2D eigenvalue weighted by Crippen LogP contribution is -2.11. The van der Waals surface area contributed by atoms with Crippen LogP contribution < -0.4 is 9.80 Å². The molecule has 0 N–H and O–H groups in total. The second-order valence-corrected chi connectivity index (χ2v) is 27.5. The predicted octanol–water partition coefficient (Wildman–Crippen LogP) is 27.9. The molecule has 4 heteroatoms. The molecular formula is C100H64N4. The molecule has 0 saturated carbocycles. The van der Waals surface area contributed by atoms with E-state index in [1.807, 2.05) is 0 Å². The number of hydrogen-bond donors (Lipinski definition) is 0. The Balaban J connectivity index is 0.774. The average molecular weight is 1320 g/mol. The maximum atomic E-state index is 2.50. The third-order valence-corrected chi connectivity index (χ3v) is 21.7. The van der Waals surface area contributed by atoms with Crippen LogP contribution in [0.15, 0.2) is 388 Å². The lowest BCUT2D eigenvalue weighted by molar-refractivity contribution is 1.18. The van der Waals surface area contributed by atoms with Crippen molar-refractivity contribution >= 4 is 153 Å². The van der Waals surface area contributed by atoms with E-state index >= 15 is 0 Å². The Morgan fingerprint density at radius 2 is 0.577 bits per heavy atom. The molecule has 0 aliphatic carbocycles. The Morgan fingerprint density at radius 1 is 0.183 bits per heavy atom. The van der Waals surface area contributed by atoms with Crippen molar-refractivity contribution in [3.63, 3.8) is 0 Å². The van der Waals surface area contributed by atoms with Gasteiger partial charge < -0.3 is 18.9 Å². The average Bonchev–Trinajstić information content (AvgIpc) is 1.49. The topological polar surface area (TPSA) is 16.3 Å². The van der Waals surface area contributed by atoms with E-state index < -0.39 is 0 Å². The number of aromatic nitrogens is 2. The van der Waals surface area contributed by atoms with Crippen LogP contribution in [0.3, 0.4) is 0 Å². The molecule has 2 aromatic heterocycles. The van der Waals surface area contributed by atoms with E-state index in [9.17, 15) is 0 Å². The van der Waals surface area contributed by atoms with Crippen molar-refractivity contribution in [2.75, 3.05) is 9.80 Å². The standard InChI is InChI=1S/C100H64N4/c1-3-33-74(34-4-1)102-93-48-17-15-43-88(93)99-95(102)63-68-28-10-14-42-84(68)97(99)71-31-19-37-76(61-71)101(78-56-58-81-70(60-78)54-53-67-27-7-11-39-79(67)81)92-52-24-46-86-80(45-23-47-87(86)92)69-55-57-85-73(59-69)64-96-100(89-44-16-18-49-94(89)103(96)75-35-5-2-6-36-75)98(85)72-32-20-38-77(62-72)104(90-50-21-29-65-25-8-12-40-82(65)90)91-51-22-30-66-26-9-13-41-83(66)91/h1-64H. The summed E-state index contributed by atoms with van der Waals surface area (Å²) in [7, 11) is 0. The van der Waals surface area contributed by atoms with Crippen LogP contribution in [-0.2, 0) is 0 Å². The van der Waals surface area contributed by atoms with Gasteiger partial charge in [-0.2, -0.15) is 0 Å². The van der Waals surface area contributed by atoms with Gasteiger partial charge in [0.15, 0.2) is 0 Å². The summed E-state index contributed by atoms with van der Waals surface area (Å²) in [4.78, 5) is 4.98. The van der Waals surface area contributed by atoms with Gasteiger partial charge >= 0.3 is 0 Å². The highest BCUT2D eigenvalue weighted by Gasteiger charge is 2.26. The number of para-hydroxylation sites is 4. The molecule has 21 aromatic rings. The fourth-order valence-electron chi connectivity index (χ4n) is 17.2. The molecule has 0 fully saturated rings. The zero-order valence-electron chi connectivity index (χ0n) is 56.7. The Labute approximate surface area is 601 Å². The van der Waals surface area contributed by atoms with E-state index in [0.29, 0.717) is 0 Å². The number of benzene rings is 19. The molecule has 4 nitrogen and oxygen atoms in total. The van der Waals surface area contributed by atoms with Gasteiger partial charge in [0, 0.05) is 66.1 Å². The van der Waals surface area contributed by atoms with Crippen molar-refractivity contribution in [3.8, 4) is 44.8 Å². The van der Waals surface area contributed by atoms with E-state index in [1.54, 1.807) is 0 Å². The largest absolute Gasteiger partial charge is 0.310 e. The molecule has 104 heavy (non-hydrogen) atoms. The SMILES string of the molecule is c1ccc(-n2c3ccccc3c3c(-c4cccc(N(c5ccc6c(ccc7ccccc76)c5)c5cccc6c(-c7ccc8c(-c9cccc(N(c%10cccc%11ccccc%10%11)c%10cccc%11ccccc%10%11)c9)c9c%10ccccc%10n(-c%10ccccc%10)c9cc8c7)cccc56)c4)c4ccccc4cc32)cc1. The third kappa shape index (κ3) is 9.39. The Morgan fingerprint density at radius 3 is 1.19 bits per heavy atom. The van der Waals surface area contributed by atoms with Gasteiger partial charge in [0.1, 0.15) is 0 Å². The summed E-state index contributed by atoms with van der Waals surface area (Å²) in [5, 5.41) is 21.6. The second-order valence-electron chi connectivity index (χ2n) is 27.5. The fraction of sp³-hybridized carbons (Fsp3) is 0. The van der Waals surface area contributed by atoms with E-state index in [2.05, 4.69) is 407 Å². The van der Waals surface area contributed by atoms with Crippen LogP contribution in [0.5, 0.6) is 0 Å². The highest BCUT2D eigenvalue weighted by molar-refractivity contribution is 6.25. The minimum atomic E-state index is 1.06. The highest BCUT2D eigenvalue weighted by atomic mass is 15.2. The molecule has 2 heterocycles. The quantitative estimate of drug-likeness (QED) is 0.120. The molecule has 0 bridgehead atoms. The number of anilines is 6. The van der Waals surface area contributed by atoms with Crippen LogP contribution in [0.4, 0.5) is 34.1 Å². The van der Waals surface area contributed by atoms with Crippen LogP contribution in [0.1, 0.15) is 0 Å². The van der Waals surface area contributed by atoms with Gasteiger partial charge in [-0.05, 0) is 202 Å². The maximum absolute atomic E-state index is 2.50. The van der Waals surface area contributed by atoms with Gasteiger partial charge in [0.2, 0.25) is 0 Å². The van der Waals surface area contributed by atoms with E-state index in [4.69, 9.17) is 0 Å². The summed E-state index contributed by atoms with van der Waals surface area (Å²) in [6.45, 7) is 0. The first-order valence-electron chi connectivity index (χ1n) is 35.9. The maximum Gasteiger partial charge on any atom is 0.0553 e. The number of nitrogens with zero attached hydrogens (tertiary/aromatic N) is 4. The van der Waals surface area contributed by atoms with Gasteiger partial charge in [-0.25, -0.2) is 0 Å². The van der Waals surface area contributed by atoms with Gasteiger partial charge in [0.05, 0.1) is 39.1 Å². The van der Waals surface area contributed by atoms with E-state index in [-0.39, 0.29) is 0 Å². The lowest BCUT2D eigenvalue weighted by Gasteiger charge is -2.28. The van der Waals surface area contributed by atoms with Crippen LogP contribution in [0.2, 0.25) is 0 Å². The van der Waals surface area contributed by atoms with Crippen molar-refractivity contribution in [2.24, 2.45) is 0 Å². The lowest BCUT2D eigenvalue weighted by atomic mass is 9.90. The Bertz CT molecular complexity index is 6970.